The van der Waals surface area contributed by atoms with Crippen molar-refractivity contribution in [3.05, 3.63) is 36.2 Å². The molecule has 1 saturated heterocycles. The van der Waals surface area contributed by atoms with Crippen LogP contribution in [0.2, 0.25) is 0 Å². The number of hydrogen-bond donors (Lipinski definition) is 4. The number of aliphatic carboxylic acids is 1. The molecule has 2 aliphatic rings. The van der Waals surface area contributed by atoms with Crippen molar-refractivity contribution < 1.29 is 14.7 Å². The van der Waals surface area contributed by atoms with Gasteiger partial charge < -0.3 is 30.9 Å². The summed E-state index contributed by atoms with van der Waals surface area (Å²) >= 11 is 0. The fraction of sp³-hybridized carbons (Fsp3) is 0.625. The first-order valence-corrected chi connectivity index (χ1v) is 16.6. The number of nitrogens with zero attached hydrogens (tertiary/aromatic N) is 7. The minimum atomic E-state index is -0.871. The number of aryl methyl sites for hydroxylation is 1. The lowest BCUT2D eigenvalue weighted by atomic mass is 9.95. The second-order valence-electron chi connectivity index (χ2n) is 12.1. The summed E-state index contributed by atoms with van der Waals surface area (Å²) in [6, 6.07) is 8.67. The first kappa shape index (κ1) is 32.6. The molecule has 3 aromatic rings. The van der Waals surface area contributed by atoms with E-state index in [-0.39, 0.29) is 18.7 Å². The predicted octanol–water partition coefficient (Wildman–Crippen LogP) is 3.03. The molecule has 0 spiro atoms. The second-order valence-corrected chi connectivity index (χ2v) is 12.1. The maximum Gasteiger partial charge on any atom is 0.303 e. The molecule has 244 valence electrons. The fourth-order valence-corrected chi connectivity index (χ4v) is 6.11. The highest BCUT2D eigenvalue weighted by atomic mass is 16.4. The lowest BCUT2D eigenvalue weighted by molar-refractivity contribution is -0.137. The molecule has 4 N–H and O–H groups in total. The number of para-hydroxylation sites is 1. The van der Waals surface area contributed by atoms with Crippen LogP contribution in [-0.2, 0) is 22.7 Å². The van der Waals surface area contributed by atoms with E-state index in [0.717, 1.165) is 67.5 Å². The number of benzene rings is 1. The molecular formula is C32H48N10O3. The molecule has 1 aliphatic carbocycles. The van der Waals surface area contributed by atoms with Crippen molar-refractivity contribution in [2.24, 2.45) is 0 Å². The van der Waals surface area contributed by atoms with E-state index in [1.54, 1.807) is 0 Å². The first-order chi connectivity index (χ1) is 22.0. The summed E-state index contributed by atoms with van der Waals surface area (Å²) in [5.41, 5.74) is 1.67. The van der Waals surface area contributed by atoms with Crippen LogP contribution in [0.5, 0.6) is 0 Å². The Hall–Kier alpha value is -3.84. The number of carbonyl (C=O) groups excluding carboxylic acids is 1. The molecule has 2 fully saturated rings. The van der Waals surface area contributed by atoms with E-state index in [1.165, 1.54) is 32.1 Å². The fourth-order valence-electron chi connectivity index (χ4n) is 6.11. The second kappa shape index (κ2) is 17.0. The summed E-state index contributed by atoms with van der Waals surface area (Å²) in [7, 11) is 0. The molecule has 2 aromatic heterocycles. The molecule has 1 aromatic carbocycles. The topological polar surface area (TPSA) is 153 Å². The van der Waals surface area contributed by atoms with Crippen molar-refractivity contribution in [3.63, 3.8) is 0 Å². The van der Waals surface area contributed by atoms with Gasteiger partial charge in [-0.05, 0) is 63.9 Å². The third-order valence-electron chi connectivity index (χ3n) is 8.62. The van der Waals surface area contributed by atoms with Crippen molar-refractivity contribution in [2.75, 3.05) is 56.0 Å². The van der Waals surface area contributed by atoms with Gasteiger partial charge in [0.2, 0.25) is 11.9 Å². The van der Waals surface area contributed by atoms with Crippen molar-refractivity contribution in [3.8, 4) is 0 Å². The van der Waals surface area contributed by atoms with Crippen LogP contribution in [0.25, 0.3) is 10.9 Å². The number of rotatable bonds is 17. The number of nitrogens with one attached hydrogen (secondary N) is 3. The van der Waals surface area contributed by atoms with E-state index in [2.05, 4.69) is 31.2 Å². The van der Waals surface area contributed by atoms with Crippen molar-refractivity contribution >= 4 is 34.5 Å². The number of fused-ring (bicyclic) bond motifs is 1. The molecule has 0 radical (unpaired) electrons. The summed E-state index contributed by atoms with van der Waals surface area (Å²) in [5.74, 6) is 0.492. The van der Waals surface area contributed by atoms with Gasteiger partial charge in [-0.3, -0.25) is 14.3 Å². The molecule has 3 heterocycles. The Balaban J connectivity index is 1.05. The smallest absolute Gasteiger partial charge is 0.303 e. The van der Waals surface area contributed by atoms with Crippen LogP contribution in [0.4, 0.5) is 11.8 Å². The van der Waals surface area contributed by atoms with Crippen LogP contribution in [0, 0.1) is 0 Å². The molecular weight excluding hydrogens is 572 g/mol. The van der Waals surface area contributed by atoms with Gasteiger partial charge >= 0.3 is 5.97 Å². The van der Waals surface area contributed by atoms with E-state index in [9.17, 15) is 9.59 Å². The number of carbonyl (C=O) groups is 2. The normalized spacial score (nSPS) is 15.9. The van der Waals surface area contributed by atoms with Crippen molar-refractivity contribution in [1.82, 2.24) is 40.5 Å². The average Bonchev–Trinajstić information content (AvgIpc) is 3.52. The summed E-state index contributed by atoms with van der Waals surface area (Å²) in [5, 5.41) is 29.0. The lowest BCUT2D eigenvalue weighted by Gasteiger charge is -2.36. The number of aromatic nitrogens is 5. The average molecular weight is 621 g/mol. The van der Waals surface area contributed by atoms with Crippen LogP contribution in [0.15, 0.2) is 30.5 Å². The zero-order valence-electron chi connectivity index (χ0n) is 26.3. The molecule has 0 unspecified atom stereocenters. The Kier molecular flexibility index (Phi) is 12.3. The van der Waals surface area contributed by atoms with Gasteiger partial charge in [0.05, 0.1) is 18.3 Å². The third-order valence-corrected chi connectivity index (χ3v) is 8.62. The largest absolute Gasteiger partial charge is 0.481 e. The number of anilines is 2. The number of carboxylic acids is 1. The molecule has 45 heavy (non-hydrogen) atoms. The highest BCUT2D eigenvalue weighted by molar-refractivity contribution is 5.90. The molecule has 5 rings (SSSR count). The molecule has 1 saturated carbocycles. The van der Waals surface area contributed by atoms with E-state index in [4.69, 9.17) is 15.1 Å². The Bertz CT molecular complexity index is 1370. The Morgan fingerprint density at radius 3 is 2.53 bits per heavy atom. The minimum Gasteiger partial charge on any atom is -0.481 e. The Labute approximate surface area is 265 Å². The highest BCUT2D eigenvalue weighted by Crippen LogP contribution is 2.26. The van der Waals surface area contributed by atoms with Gasteiger partial charge in [-0.15, -0.1) is 5.10 Å². The van der Waals surface area contributed by atoms with Crippen LogP contribution in [0.1, 0.15) is 69.9 Å². The number of piperazine rings is 1. The van der Waals surface area contributed by atoms with Gasteiger partial charge in [0.15, 0.2) is 0 Å². The zero-order chi connectivity index (χ0) is 31.3. The van der Waals surface area contributed by atoms with Crippen LogP contribution < -0.4 is 20.9 Å². The van der Waals surface area contributed by atoms with Gasteiger partial charge in [0.1, 0.15) is 11.5 Å². The van der Waals surface area contributed by atoms with E-state index in [1.807, 2.05) is 40.0 Å². The number of carboxylic acid groups (broad SMARTS) is 1. The van der Waals surface area contributed by atoms with Crippen molar-refractivity contribution in [1.29, 1.82) is 0 Å². The summed E-state index contributed by atoms with van der Waals surface area (Å²) in [6.07, 6.45) is 11.6. The van der Waals surface area contributed by atoms with E-state index >= 15 is 0 Å². The molecule has 0 bridgehead atoms. The highest BCUT2D eigenvalue weighted by Gasteiger charge is 2.24. The monoisotopic (exact) mass is 620 g/mol. The quantitative estimate of drug-likeness (QED) is 0.165. The summed E-state index contributed by atoms with van der Waals surface area (Å²) in [4.78, 5) is 36.9. The number of hydrogen-bond acceptors (Lipinski definition) is 10. The lowest BCUT2D eigenvalue weighted by Crippen LogP contribution is -2.49. The summed E-state index contributed by atoms with van der Waals surface area (Å²) < 4.78 is 1.89. The molecule has 13 heteroatoms. The van der Waals surface area contributed by atoms with Gasteiger partial charge in [-0.2, -0.15) is 4.98 Å². The minimum absolute atomic E-state index is 0.00714. The van der Waals surface area contributed by atoms with Crippen LogP contribution in [-0.4, -0.2) is 98.7 Å². The number of amides is 1. The predicted molar refractivity (Wildman–Crippen MR) is 174 cm³/mol. The van der Waals surface area contributed by atoms with Gasteiger partial charge in [0.25, 0.3) is 0 Å². The molecule has 1 aliphatic heterocycles. The summed E-state index contributed by atoms with van der Waals surface area (Å²) in [6.45, 7) is 6.78. The van der Waals surface area contributed by atoms with Crippen LogP contribution in [0.3, 0.4) is 0 Å². The van der Waals surface area contributed by atoms with E-state index in [0.29, 0.717) is 45.1 Å². The Morgan fingerprint density at radius 2 is 1.71 bits per heavy atom. The SMILES string of the molecule is O=C(O)CCCC(=O)N1CCN(c2nc(NCc3cn(CCCNCCCNC4CCCCC4)nn3)nc3ccccc23)CC1. The van der Waals surface area contributed by atoms with Crippen molar-refractivity contribution in [2.45, 2.75) is 83.3 Å². The molecule has 1 amide bonds. The Morgan fingerprint density at radius 1 is 0.911 bits per heavy atom. The van der Waals surface area contributed by atoms with Crippen LogP contribution >= 0.6 is 0 Å². The zero-order valence-corrected chi connectivity index (χ0v) is 26.3. The first-order valence-electron chi connectivity index (χ1n) is 16.6. The maximum absolute atomic E-state index is 12.5. The van der Waals surface area contributed by atoms with Gasteiger partial charge in [-0.1, -0.05) is 36.6 Å². The molecule has 0 atom stereocenters. The standard InChI is InChI=1S/C32H48N10O3/c43-29(13-6-14-30(44)45)40-19-21-41(22-20-40)31-27-11-4-5-12-28(27)36-32(37-31)35-23-26-24-42(39-38-26)18-8-16-33-15-7-17-34-25-9-2-1-3-10-25/h4-5,11-12,24-25,33-34H,1-3,6-10,13-23H2,(H,44,45)(H,35,36,37). The third kappa shape index (κ3) is 10.1. The van der Waals surface area contributed by atoms with Gasteiger partial charge in [0, 0.05) is 57.0 Å². The molecule has 13 nitrogen and oxygen atoms in total. The van der Waals surface area contributed by atoms with Gasteiger partial charge in [-0.25, -0.2) is 4.98 Å². The van der Waals surface area contributed by atoms with E-state index < -0.39 is 5.97 Å². The maximum atomic E-state index is 12.5.